The van der Waals surface area contributed by atoms with Crippen LogP contribution >= 0.6 is 0 Å². The Morgan fingerprint density at radius 2 is 1.33 bits per heavy atom. The first-order valence-corrected chi connectivity index (χ1v) is 24.4. The van der Waals surface area contributed by atoms with Crippen LogP contribution in [0.1, 0.15) is 113 Å². The molecule has 0 saturated carbocycles. The van der Waals surface area contributed by atoms with Gasteiger partial charge in [0.25, 0.3) is 0 Å². The SMILES string of the molecule is CCCC[C@@H](C(N)=O)N(C(=O)CNC(=O)[C@H](C/C(=C/N)NN)NC(=O)CNC(=O)C(NC(=O)CNC(=O)[C@H](Cc1c[nH]c2ccccc12)NC(=O)CNC(=O)CCC(C)(C)OCC(C)(C)C)C(C)C)C(C)C. The molecule has 0 bridgehead atoms. The maximum absolute atomic E-state index is 13.7. The number of hydrogen-bond acceptors (Lipinski definition) is 13. The van der Waals surface area contributed by atoms with Crippen LogP contribution in [0.3, 0.4) is 0 Å². The van der Waals surface area contributed by atoms with Crippen LogP contribution in [0.15, 0.2) is 42.4 Å². The van der Waals surface area contributed by atoms with E-state index in [4.69, 9.17) is 22.0 Å². The van der Waals surface area contributed by atoms with Gasteiger partial charge >= 0.3 is 0 Å². The van der Waals surface area contributed by atoms with Crippen molar-refractivity contribution in [3.8, 4) is 0 Å². The minimum atomic E-state index is -1.35. The molecule has 2 aromatic rings. The molecule has 0 aliphatic rings. The molecule has 2 rings (SSSR count). The minimum Gasteiger partial charge on any atom is -0.403 e. The third kappa shape index (κ3) is 21.7. The first kappa shape index (κ1) is 61.4. The summed E-state index contributed by atoms with van der Waals surface area (Å²) in [5.41, 5.74) is 14.6. The van der Waals surface area contributed by atoms with Crippen LogP contribution in [0.25, 0.3) is 10.9 Å². The van der Waals surface area contributed by atoms with E-state index in [0.717, 1.165) is 23.5 Å². The maximum Gasteiger partial charge on any atom is 0.243 e. The summed E-state index contributed by atoms with van der Waals surface area (Å²) in [6.45, 7) is 16.9. The van der Waals surface area contributed by atoms with Crippen molar-refractivity contribution in [3.05, 3.63) is 47.9 Å². The second-order valence-corrected chi connectivity index (χ2v) is 20.1. The van der Waals surface area contributed by atoms with Crippen molar-refractivity contribution < 1.29 is 47.9 Å². The molecule has 72 heavy (non-hydrogen) atoms. The Morgan fingerprint density at radius 3 is 1.90 bits per heavy atom. The van der Waals surface area contributed by atoms with Crippen LogP contribution in [0.2, 0.25) is 0 Å². The molecule has 4 atom stereocenters. The second-order valence-electron chi connectivity index (χ2n) is 20.1. The molecule has 0 saturated heterocycles. The Balaban J connectivity index is 2.09. The third-order valence-corrected chi connectivity index (χ3v) is 11.4. The van der Waals surface area contributed by atoms with Gasteiger partial charge in [0, 0.05) is 54.3 Å². The maximum atomic E-state index is 13.7. The number of carbonyl (C=O) groups is 9. The minimum absolute atomic E-state index is 0.0238. The number of aromatic nitrogens is 1. The zero-order chi connectivity index (χ0) is 54.3. The monoisotopic (exact) mass is 1010 g/mol. The summed E-state index contributed by atoms with van der Waals surface area (Å²) in [6.07, 6.45) is 4.83. The summed E-state index contributed by atoms with van der Waals surface area (Å²) in [7, 11) is 0. The number of ether oxygens (including phenoxy) is 1. The molecule has 1 aromatic carbocycles. The van der Waals surface area contributed by atoms with Gasteiger partial charge in [-0.05, 0) is 63.5 Å². The van der Waals surface area contributed by atoms with Gasteiger partial charge in [-0.3, -0.25) is 49.0 Å². The molecule has 402 valence electrons. The first-order chi connectivity index (χ1) is 33.7. The average Bonchev–Trinajstić information content (AvgIpc) is 3.73. The highest BCUT2D eigenvalue weighted by Crippen LogP contribution is 2.23. The number of amides is 9. The highest BCUT2D eigenvalue weighted by atomic mass is 16.5. The summed E-state index contributed by atoms with van der Waals surface area (Å²) in [4.78, 5) is 123. The van der Waals surface area contributed by atoms with Crippen LogP contribution in [0.4, 0.5) is 0 Å². The van der Waals surface area contributed by atoms with Gasteiger partial charge in [0.05, 0.1) is 38.4 Å². The van der Waals surface area contributed by atoms with Crippen molar-refractivity contribution in [2.24, 2.45) is 28.6 Å². The van der Waals surface area contributed by atoms with Gasteiger partial charge in [-0.1, -0.05) is 72.6 Å². The van der Waals surface area contributed by atoms with E-state index in [9.17, 15) is 43.2 Å². The number of rotatable bonds is 31. The average molecular weight is 1010 g/mol. The number of nitrogens with zero attached hydrogens (tertiary/aromatic N) is 1. The van der Waals surface area contributed by atoms with Gasteiger partial charge in [0.1, 0.15) is 24.2 Å². The molecule has 0 aliphatic carbocycles. The molecule has 0 aliphatic heterocycles. The smallest absolute Gasteiger partial charge is 0.243 e. The van der Waals surface area contributed by atoms with Crippen LogP contribution in [0, 0.1) is 11.3 Å². The predicted molar refractivity (Wildman–Crippen MR) is 272 cm³/mol. The topological polar surface area (TPSA) is 356 Å². The van der Waals surface area contributed by atoms with Crippen LogP contribution in [0.5, 0.6) is 0 Å². The van der Waals surface area contributed by atoms with Gasteiger partial charge < -0.3 is 68.7 Å². The number of nitrogens with one attached hydrogen (secondary N) is 9. The lowest BCUT2D eigenvalue weighted by molar-refractivity contribution is -0.142. The van der Waals surface area contributed by atoms with E-state index in [0.29, 0.717) is 31.4 Å². The lowest BCUT2D eigenvalue weighted by atomic mass is 9.96. The number of nitrogens with two attached hydrogens (primary N) is 3. The van der Waals surface area contributed by atoms with E-state index < -0.39 is 115 Å². The van der Waals surface area contributed by atoms with E-state index in [1.54, 1.807) is 33.9 Å². The van der Waals surface area contributed by atoms with Crippen LogP contribution in [-0.2, 0) is 54.3 Å². The summed E-state index contributed by atoms with van der Waals surface area (Å²) in [5, 5.41) is 18.6. The molecule has 23 nitrogen and oxygen atoms in total. The lowest BCUT2D eigenvalue weighted by Crippen LogP contribution is -2.56. The first-order valence-electron chi connectivity index (χ1n) is 24.4. The standard InChI is InChI=1S/C49H81N13O10/c1-11-12-17-37(44(51)68)62(30(4)5)42(67)27-57-46(70)36(21-32(22-50)61-52)59-40(65)25-56-47(71)43(29(2)3)60-41(66)26-55-45(69)35(20-31-23-53-34-16-14-13-15-33(31)34)58-39(64)24-54-38(63)18-19-49(9,10)72-28-48(6,7)8/h13-16,22-23,29-30,35-37,43,53,61H,11-12,17-21,24-28,50,52H2,1-10H3,(H2,51,68)(H,54,63)(H,55,69)(H,56,71)(H,57,70)(H,58,64)(H,59,65)(H,60,66)/b32-22-/t35-,36-,37-,43?/m0/s1. The molecule has 0 spiro atoms. The van der Waals surface area contributed by atoms with Crippen LogP contribution < -0.4 is 60.0 Å². The van der Waals surface area contributed by atoms with Gasteiger partial charge in [0.15, 0.2) is 0 Å². The fourth-order valence-electron chi connectivity index (χ4n) is 7.33. The zero-order valence-corrected chi connectivity index (χ0v) is 43.7. The number of para-hydroxylation sites is 1. The quantitative estimate of drug-likeness (QED) is 0.0346. The number of unbranched alkanes of at least 4 members (excludes halogenated alkanes) is 1. The number of hydrogen-bond donors (Lipinski definition) is 12. The number of benzene rings is 1. The summed E-state index contributed by atoms with van der Waals surface area (Å²) < 4.78 is 6.00. The fourth-order valence-corrected chi connectivity index (χ4v) is 7.33. The van der Waals surface area contributed by atoms with Gasteiger partial charge in [0.2, 0.25) is 53.2 Å². The summed E-state index contributed by atoms with van der Waals surface area (Å²) >= 11 is 0. The number of carbonyl (C=O) groups excluding carboxylic acids is 9. The molecule has 9 amide bonds. The van der Waals surface area contributed by atoms with Crippen molar-refractivity contribution in [2.45, 2.75) is 150 Å². The summed E-state index contributed by atoms with van der Waals surface area (Å²) in [6, 6.07) is 2.34. The molecule has 15 N–H and O–H groups in total. The molecule has 0 radical (unpaired) electrons. The Labute approximate surface area is 422 Å². The Morgan fingerprint density at radius 1 is 0.764 bits per heavy atom. The normalized spacial score (nSPS) is 13.5. The highest BCUT2D eigenvalue weighted by Gasteiger charge is 2.32. The Kier molecular flexibility index (Phi) is 25.2. The van der Waals surface area contributed by atoms with Gasteiger partial charge in [-0.2, -0.15) is 0 Å². The van der Waals surface area contributed by atoms with E-state index in [-0.39, 0.29) is 36.3 Å². The molecule has 23 heteroatoms. The number of aromatic amines is 1. The van der Waals surface area contributed by atoms with Crippen molar-refractivity contribution in [1.82, 2.24) is 52.5 Å². The third-order valence-electron chi connectivity index (χ3n) is 11.4. The Bertz CT molecular complexity index is 2200. The molecular formula is C49H81N13O10. The Hall–Kier alpha value is -6.75. The summed E-state index contributed by atoms with van der Waals surface area (Å²) in [5.74, 6) is -1.11. The largest absolute Gasteiger partial charge is 0.403 e. The molecule has 1 heterocycles. The number of fused-ring (bicyclic) bond motifs is 1. The molecular weight excluding hydrogens is 931 g/mol. The second kappa shape index (κ2) is 29.6. The number of hydrazine groups is 1. The number of H-pyrrole nitrogens is 1. The molecule has 1 unspecified atom stereocenters. The van der Waals surface area contributed by atoms with E-state index in [2.05, 4.69) is 47.6 Å². The van der Waals surface area contributed by atoms with Crippen molar-refractivity contribution in [2.75, 3.05) is 32.8 Å². The number of primary amides is 1. The van der Waals surface area contributed by atoms with Gasteiger partial charge in [-0.15, -0.1) is 0 Å². The van der Waals surface area contributed by atoms with Crippen molar-refractivity contribution >= 4 is 64.1 Å². The zero-order valence-electron chi connectivity index (χ0n) is 43.7. The van der Waals surface area contributed by atoms with Crippen molar-refractivity contribution in [1.29, 1.82) is 0 Å². The van der Waals surface area contributed by atoms with Crippen molar-refractivity contribution in [3.63, 3.8) is 0 Å². The van der Waals surface area contributed by atoms with Crippen LogP contribution in [-0.4, -0.2) is 132 Å². The van der Waals surface area contributed by atoms with E-state index in [1.807, 2.05) is 65.8 Å². The highest BCUT2D eigenvalue weighted by molar-refractivity contribution is 5.96. The molecule has 1 aromatic heterocycles. The fraction of sp³-hybridized carbons (Fsp3) is 0.612. The van der Waals surface area contributed by atoms with E-state index >= 15 is 0 Å². The lowest BCUT2D eigenvalue weighted by Gasteiger charge is -2.33. The predicted octanol–water partition coefficient (Wildman–Crippen LogP) is -0.158. The van der Waals surface area contributed by atoms with E-state index in [1.165, 1.54) is 4.90 Å². The molecule has 0 fully saturated rings. The van der Waals surface area contributed by atoms with Gasteiger partial charge in [-0.25, -0.2) is 0 Å².